The van der Waals surface area contributed by atoms with Crippen molar-refractivity contribution in [1.29, 1.82) is 0 Å². The first kappa shape index (κ1) is 14.3. The molecule has 0 aliphatic rings. The van der Waals surface area contributed by atoms with Crippen LogP contribution in [0.4, 0.5) is 0 Å². The van der Waals surface area contributed by atoms with Crippen molar-refractivity contribution in [3.8, 4) is 0 Å². The molecule has 0 heterocycles. The number of amides is 1. The van der Waals surface area contributed by atoms with E-state index in [2.05, 4.69) is 0 Å². The van der Waals surface area contributed by atoms with Crippen LogP contribution in [0.25, 0.3) is 0 Å². The molecule has 0 spiro atoms. The highest BCUT2D eigenvalue weighted by molar-refractivity contribution is 8.01. The molecule has 15 heavy (non-hydrogen) atoms. The van der Waals surface area contributed by atoms with Gasteiger partial charge in [0.05, 0.1) is 5.25 Å². The van der Waals surface area contributed by atoms with Crippen LogP contribution in [0.5, 0.6) is 0 Å². The van der Waals surface area contributed by atoms with Gasteiger partial charge in [0.25, 0.3) is 0 Å². The number of nitrogens with two attached hydrogens (primary N) is 1. The van der Waals surface area contributed by atoms with Gasteiger partial charge in [-0.2, -0.15) is 0 Å². The molecule has 5 heteroatoms. The van der Waals surface area contributed by atoms with Gasteiger partial charge in [0, 0.05) is 0 Å². The monoisotopic (exact) mass is 233 g/mol. The molecule has 0 aromatic heterocycles. The van der Waals surface area contributed by atoms with E-state index in [0.29, 0.717) is 12.8 Å². The fraction of sp³-hybridized carbons (Fsp3) is 0.800. The fourth-order valence-electron chi connectivity index (χ4n) is 1.20. The SMILES string of the molecule is CCCCC(SC(CC)C(N)=O)C(=O)O. The number of unbranched alkanes of at least 4 members (excludes halogenated alkanes) is 1. The summed E-state index contributed by atoms with van der Waals surface area (Å²) in [6, 6.07) is 0. The molecule has 2 atom stereocenters. The van der Waals surface area contributed by atoms with Gasteiger partial charge in [-0.25, -0.2) is 0 Å². The smallest absolute Gasteiger partial charge is 0.316 e. The lowest BCUT2D eigenvalue weighted by Gasteiger charge is -2.16. The summed E-state index contributed by atoms with van der Waals surface area (Å²) < 4.78 is 0. The highest BCUT2D eigenvalue weighted by atomic mass is 32.2. The molecule has 0 radical (unpaired) electrons. The van der Waals surface area contributed by atoms with E-state index in [4.69, 9.17) is 10.8 Å². The normalized spacial score (nSPS) is 14.5. The molecule has 0 saturated heterocycles. The minimum Gasteiger partial charge on any atom is -0.480 e. The predicted molar refractivity (Wildman–Crippen MR) is 61.8 cm³/mol. The van der Waals surface area contributed by atoms with E-state index in [1.165, 1.54) is 11.8 Å². The first-order chi connectivity index (χ1) is 7.02. The molecule has 0 fully saturated rings. The Morgan fingerprint density at radius 2 is 1.93 bits per heavy atom. The van der Waals surface area contributed by atoms with Crippen molar-refractivity contribution < 1.29 is 14.7 Å². The van der Waals surface area contributed by atoms with Crippen LogP contribution >= 0.6 is 11.8 Å². The Labute approximate surface area is 94.6 Å². The van der Waals surface area contributed by atoms with E-state index in [9.17, 15) is 9.59 Å². The van der Waals surface area contributed by atoms with Crippen LogP contribution in [0, 0.1) is 0 Å². The van der Waals surface area contributed by atoms with Crippen LogP contribution in [-0.2, 0) is 9.59 Å². The number of carboxylic acid groups (broad SMARTS) is 1. The van der Waals surface area contributed by atoms with Crippen LogP contribution in [0.3, 0.4) is 0 Å². The van der Waals surface area contributed by atoms with E-state index in [1.54, 1.807) is 0 Å². The quantitative estimate of drug-likeness (QED) is 0.667. The van der Waals surface area contributed by atoms with Crippen LogP contribution < -0.4 is 5.73 Å². The van der Waals surface area contributed by atoms with Gasteiger partial charge in [0.2, 0.25) is 5.91 Å². The maximum Gasteiger partial charge on any atom is 0.316 e. The van der Waals surface area contributed by atoms with Crippen LogP contribution in [0.2, 0.25) is 0 Å². The average Bonchev–Trinajstić information content (AvgIpc) is 2.17. The first-order valence-electron chi connectivity index (χ1n) is 5.20. The molecule has 3 N–H and O–H groups in total. The number of rotatable bonds is 8. The number of primary amides is 1. The highest BCUT2D eigenvalue weighted by Crippen LogP contribution is 2.24. The summed E-state index contributed by atoms with van der Waals surface area (Å²) in [5.41, 5.74) is 5.17. The van der Waals surface area contributed by atoms with E-state index >= 15 is 0 Å². The average molecular weight is 233 g/mol. The zero-order valence-corrected chi connectivity index (χ0v) is 10.0. The molecule has 4 nitrogen and oxygen atoms in total. The fourth-order valence-corrected chi connectivity index (χ4v) is 2.34. The van der Waals surface area contributed by atoms with E-state index in [0.717, 1.165) is 12.8 Å². The Morgan fingerprint density at radius 3 is 2.27 bits per heavy atom. The number of aliphatic carboxylic acids is 1. The van der Waals surface area contributed by atoms with Gasteiger partial charge in [-0.15, -0.1) is 11.8 Å². The topological polar surface area (TPSA) is 80.4 Å². The second-order valence-corrected chi connectivity index (χ2v) is 4.81. The minimum absolute atomic E-state index is 0.386. The third kappa shape index (κ3) is 5.67. The number of carbonyl (C=O) groups is 2. The number of hydrogen-bond acceptors (Lipinski definition) is 3. The van der Waals surface area contributed by atoms with Gasteiger partial charge in [0.15, 0.2) is 0 Å². The molecule has 0 saturated carbocycles. The Balaban J connectivity index is 4.25. The predicted octanol–water partition coefficient (Wildman–Crippen LogP) is 1.63. The van der Waals surface area contributed by atoms with Crippen molar-refractivity contribution >= 4 is 23.6 Å². The van der Waals surface area contributed by atoms with Gasteiger partial charge in [0.1, 0.15) is 5.25 Å². The largest absolute Gasteiger partial charge is 0.480 e. The van der Waals surface area contributed by atoms with Crippen LogP contribution in [0.1, 0.15) is 39.5 Å². The summed E-state index contributed by atoms with van der Waals surface area (Å²) in [6.45, 7) is 3.84. The van der Waals surface area contributed by atoms with Crippen molar-refractivity contribution in [2.45, 2.75) is 50.0 Å². The Hall–Kier alpha value is -0.710. The summed E-state index contributed by atoms with van der Waals surface area (Å²) in [5, 5.41) is 8.06. The third-order valence-corrected chi connectivity index (χ3v) is 3.77. The summed E-state index contributed by atoms with van der Waals surface area (Å²) in [6.07, 6.45) is 2.99. The number of thioether (sulfide) groups is 1. The molecule has 0 aromatic carbocycles. The van der Waals surface area contributed by atoms with Crippen LogP contribution in [0.15, 0.2) is 0 Å². The summed E-state index contributed by atoms with van der Waals surface area (Å²) in [5.74, 6) is -1.28. The van der Waals surface area contributed by atoms with Crippen molar-refractivity contribution in [2.75, 3.05) is 0 Å². The molecular formula is C10H19NO3S. The second kappa shape index (κ2) is 7.56. The second-order valence-electron chi connectivity index (χ2n) is 3.40. The van der Waals surface area contributed by atoms with Gasteiger partial charge in [-0.1, -0.05) is 26.7 Å². The molecule has 0 bridgehead atoms. The van der Waals surface area contributed by atoms with Gasteiger partial charge in [-0.05, 0) is 12.8 Å². The van der Waals surface area contributed by atoms with Crippen molar-refractivity contribution in [2.24, 2.45) is 5.73 Å². The third-order valence-electron chi connectivity index (χ3n) is 2.11. The number of carboxylic acids is 1. The molecule has 0 rings (SSSR count). The van der Waals surface area contributed by atoms with Crippen molar-refractivity contribution in [3.05, 3.63) is 0 Å². The maximum atomic E-state index is 11.0. The maximum absolute atomic E-state index is 11.0. The number of hydrogen-bond donors (Lipinski definition) is 2. The number of carbonyl (C=O) groups excluding carboxylic acids is 1. The van der Waals surface area contributed by atoms with Gasteiger partial charge >= 0.3 is 5.97 Å². The van der Waals surface area contributed by atoms with Crippen LogP contribution in [-0.4, -0.2) is 27.5 Å². The van der Waals surface area contributed by atoms with Gasteiger partial charge in [-0.3, -0.25) is 9.59 Å². The standard InChI is InChI=1S/C10H19NO3S/c1-3-5-6-8(10(13)14)15-7(4-2)9(11)12/h7-8H,3-6H2,1-2H3,(H2,11,12)(H,13,14). The van der Waals surface area contributed by atoms with Gasteiger partial charge < -0.3 is 10.8 Å². The Morgan fingerprint density at radius 1 is 1.33 bits per heavy atom. The van der Waals surface area contributed by atoms with Crippen molar-refractivity contribution in [3.63, 3.8) is 0 Å². The Kier molecular flexibility index (Phi) is 7.21. The zero-order valence-electron chi connectivity index (χ0n) is 9.23. The lowest BCUT2D eigenvalue weighted by molar-refractivity contribution is -0.136. The van der Waals surface area contributed by atoms with E-state index in [1.807, 2.05) is 13.8 Å². The summed E-state index contributed by atoms with van der Waals surface area (Å²) >= 11 is 1.17. The first-order valence-corrected chi connectivity index (χ1v) is 6.14. The molecule has 1 amide bonds. The minimum atomic E-state index is -0.854. The summed E-state index contributed by atoms with van der Waals surface area (Å²) in [4.78, 5) is 21.9. The Bertz CT molecular complexity index is 221. The lowest BCUT2D eigenvalue weighted by Crippen LogP contribution is -2.29. The molecule has 0 aliphatic heterocycles. The molecule has 0 aliphatic carbocycles. The molecule has 2 unspecified atom stereocenters. The highest BCUT2D eigenvalue weighted by Gasteiger charge is 2.24. The zero-order chi connectivity index (χ0) is 11.8. The van der Waals surface area contributed by atoms with Crippen molar-refractivity contribution in [1.82, 2.24) is 0 Å². The molecular weight excluding hydrogens is 214 g/mol. The lowest BCUT2D eigenvalue weighted by atomic mass is 10.2. The molecule has 88 valence electrons. The summed E-state index contributed by atoms with van der Waals surface area (Å²) in [7, 11) is 0. The van der Waals surface area contributed by atoms with E-state index < -0.39 is 17.1 Å². The molecule has 0 aromatic rings. The van der Waals surface area contributed by atoms with E-state index in [-0.39, 0.29) is 5.25 Å².